The van der Waals surface area contributed by atoms with E-state index in [1.165, 1.54) is 0 Å². The largest absolute Gasteiger partial charge is 0.265 e. The molecule has 0 N–H and O–H groups in total. The third kappa shape index (κ3) is 4.49. The Balaban J connectivity index is 2.59. The summed E-state index contributed by atoms with van der Waals surface area (Å²) in [5, 5.41) is 0. The van der Waals surface area contributed by atoms with Crippen LogP contribution < -0.4 is 0 Å². The lowest BCUT2D eigenvalue weighted by atomic mass is 10.3. The molecule has 0 saturated carbocycles. The normalized spacial score (nSPS) is 10.4. The average molecular weight is 189 g/mol. The average Bonchev–Trinajstić information content (AvgIpc) is 2.04. The Kier molecular flexibility index (Phi) is 3.27. The minimum Gasteiger partial charge on any atom is -0.265 e. The zero-order valence-electron chi connectivity index (χ0n) is 8.46. The summed E-state index contributed by atoms with van der Waals surface area (Å²) in [4.78, 5) is 3.94. The fourth-order valence-electron chi connectivity index (χ4n) is 0.847. The topological polar surface area (TPSA) is 12.9 Å². The molecule has 0 radical (unpaired) electrons. The van der Waals surface area contributed by atoms with Gasteiger partial charge in [0.2, 0.25) is 0 Å². The molecule has 0 saturated heterocycles. The number of aromatic nitrogens is 1. The van der Waals surface area contributed by atoms with Crippen molar-refractivity contribution in [3.63, 3.8) is 0 Å². The van der Waals surface area contributed by atoms with E-state index in [-0.39, 0.29) is 0 Å². The molecule has 1 rings (SSSR count). The smallest absolute Gasteiger partial charge is 0.0573 e. The van der Waals surface area contributed by atoms with Gasteiger partial charge in [0.05, 0.1) is 8.07 Å². The van der Waals surface area contributed by atoms with Gasteiger partial charge in [0, 0.05) is 24.0 Å². The van der Waals surface area contributed by atoms with E-state index in [2.05, 4.69) is 36.5 Å². The molecule has 0 aliphatic rings. The second-order valence-electron chi connectivity index (χ2n) is 4.28. The summed E-state index contributed by atoms with van der Waals surface area (Å²) in [6.07, 6.45) is 3.55. The van der Waals surface area contributed by atoms with Crippen LogP contribution in [0.3, 0.4) is 0 Å². The Morgan fingerprint density at radius 3 is 2.38 bits per heavy atom. The molecule has 1 heterocycles. The maximum absolute atomic E-state index is 3.94. The molecule has 0 amide bonds. The summed E-state index contributed by atoms with van der Waals surface area (Å²) in [5.74, 6) is 6.37. The SMILES string of the molecule is C[Si](C)(C)CC#Cc1ccncc1. The highest BCUT2D eigenvalue weighted by atomic mass is 28.3. The zero-order chi connectivity index (χ0) is 9.73. The second kappa shape index (κ2) is 4.24. The van der Waals surface area contributed by atoms with E-state index >= 15 is 0 Å². The molecular formula is C11H15NSi. The van der Waals surface area contributed by atoms with Crippen molar-refractivity contribution in [3.8, 4) is 11.8 Å². The Morgan fingerprint density at radius 1 is 1.23 bits per heavy atom. The summed E-state index contributed by atoms with van der Waals surface area (Å²) in [6, 6.07) is 4.95. The lowest BCUT2D eigenvalue weighted by molar-refractivity contribution is 1.32. The van der Waals surface area contributed by atoms with Gasteiger partial charge in [-0.3, -0.25) is 4.98 Å². The quantitative estimate of drug-likeness (QED) is 0.489. The molecule has 0 aliphatic heterocycles. The van der Waals surface area contributed by atoms with E-state index < -0.39 is 8.07 Å². The number of rotatable bonds is 1. The number of hydrogen-bond acceptors (Lipinski definition) is 1. The van der Waals surface area contributed by atoms with Crippen molar-refractivity contribution in [2.45, 2.75) is 25.7 Å². The highest BCUT2D eigenvalue weighted by Gasteiger charge is 2.09. The first kappa shape index (κ1) is 10.0. The van der Waals surface area contributed by atoms with Crippen LogP contribution in [0.1, 0.15) is 5.56 Å². The van der Waals surface area contributed by atoms with Gasteiger partial charge in [0.1, 0.15) is 0 Å². The van der Waals surface area contributed by atoms with Gasteiger partial charge in [-0.2, -0.15) is 0 Å². The number of nitrogens with zero attached hydrogens (tertiary/aromatic N) is 1. The first-order valence-electron chi connectivity index (χ1n) is 4.47. The van der Waals surface area contributed by atoms with Crippen LogP contribution in [0.25, 0.3) is 0 Å². The maximum atomic E-state index is 3.94. The maximum Gasteiger partial charge on any atom is 0.0573 e. The van der Waals surface area contributed by atoms with Crippen LogP contribution >= 0.6 is 0 Å². The van der Waals surface area contributed by atoms with Crippen molar-refractivity contribution in [3.05, 3.63) is 30.1 Å². The Morgan fingerprint density at radius 2 is 1.85 bits per heavy atom. The van der Waals surface area contributed by atoms with Gasteiger partial charge in [-0.15, -0.1) is 5.92 Å². The van der Waals surface area contributed by atoms with Gasteiger partial charge in [0.15, 0.2) is 0 Å². The van der Waals surface area contributed by atoms with Crippen LogP contribution in [0.4, 0.5) is 0 Å². The van der Waals surface area contributed by atoms with Crippen molar-refractivity contribution in [2.24, 2.45) is 0 Å². The van der Waals surface area contributed by atoms with Crippen molar-refractivity contribution >= 4 is 8.07 Å². The van der Waals surface area contributed by atoms with Crippen LogP contribution in [0, 0.1) is 11.8 Å². The van der Waals surface area contributed by atoms with Gasteiger partial charge in [-0.05, 0) is 12.1 Å². The monoisotopic (exact) mass is 189 g/mol. The second-order valence-corrected chi connectivity index (χ2v) is 9.75. The Bertz CT molecular complexity index is 313. The van der Waals surface area contributed by atoms with Crippen molar-refractivity contribution in [1.82, 2.24) is 4.98 Å². The van der Waals surface area contributed by atoms with Crippen LogP contribution in [-0.2, 0) is 0 Å². The third-order valence-electron chi connectivity index (χ3n) is 1.53. The van der Waals surface area contributed by atoms with Crippen molar-refractivity contribution < 1.29 is 0 Å². The van der Waals surface area contributed by atoms with E-state index in [0.29, 0.717) is 0 Å². The Labute approximate surface area is 81.2 Å². The summed E-state index contributed by atoms with van der Waals surface area (Å²) >= 11 is 0. The molecule has 2 heteroatoms. The lowest BCUT2D eigenvalue weighted by Crippen LogP contribution is -2.17. The first-order valence-corrected chi connectivity index (χ1v) is 8.17. The van der Waals surface area contributed by atoms with Gasteiger partial charge in [0.25, 0.3) is 0 Å². The molecule has 0 aromatic carbocycles. The molecule has 1 nitrogen and oxygen atoms in total. The standard InChI is InChI=1S/C11H15NSi/c1-13(2,3)10-4-5-11-6-8-12-9-7-11/h6-9H,10H2,1-3H3. The molecular weight excluding hydrogens is 174 g/mol. The lowest BCUT2D eigenvalue weighted by Gasteiger charge is -2.09. The van der Waals surface area contributed by atoms with E-state index in [9.17, 15) is 0 Å². The van der Waals surface area contributed by atoms with E-state index in [4.69, 9.17) is 0 Å². The van der Waals surface area contributed by atoms with E-state index in [0.717, 1.165) is 11.6 Å². The van der Waals surface area contributed by atoms with Crippen LogP contribution in [0.5, 0.6) is 0 Å². The minimum atomic E-state index is -1.00. The first-order chi connectivity index (χ1) is 6.08. The van der Waals surface area contributed by atoms with Gasteiger partial charge >= 0.3 is 0 Å². The van der Waals surface area contributed by atoms with Crippen molar-refractivity contribution in [1.29, 1.82) is 0 Å². The van der Waals surface area contributed by atoms with Crippen molar-refractivity contribution in [2.75, 3.05) is 0 Å². The fourth-order valence-corrected chi connectivity index (χ4v) is 1.47. The molecule has 68 valence electrons. The van der Waals surface area contributed by atoms with Crippen LogP contribution in [-0.4, -0.2) is 13.1 Å². The molecule has 0 aliphatic carbocycles. The molecule has 1 aromatic rings. The third-order valence-corrected chi connectivity index (χ3v) is 2.77. The van der Waals surface area contributed by atoms with Crippen LogP contribution in [0.15, 0.2) is 24.5 Å². The van der Waals surface area contributed by atoms with E-state index in [1.54, 1.807) is 12.4 Å². The molecule has 0 spiro atoms. The summed E-state index contributed by atoms with van der Waals surface area (Å²) < 4.78 is 0. The van der Waals surface area contributed by atoms with E-state index in [1.807, 2.05) is 12.1 Å². The molecule has 13 heavy (non-hydrogen) atoms. The number of pyridine rings is 1. The fraction of sp³-hybridized carbons (Fsp3) is 0.364. The molecule has 0 fully saturated rings. The highest BCUT2D eigenvalue weighted by molar-refractivity contribution is 6.76. The molecule has 0 unspecified atom stereocenters. The molecule has 0 atom stereocenters. The summed E-state index contributed by atoms with van der Waals surface area (Å²) in [7, 11) is -1.00. The van der Waals surface area contributed by atoms with Crippen LogP contribution in [0.2, 0.25) is 25.7 Å². The Hall–Kier alpha value is -1.07. The zero-order valence-corrected chi connectivity index (χ0v) is 9.46. The summed E-state index contributed by atoms with van der Waals surface area (Å²) in [5.41, 5.74) is 1.06. The number of hydrogen-bond donors (Lipinski definition) is 0. The summed E-state index contributed by atoms with van der Waals surface area (Å²) in [6.45, 7) is 6.98. The molecule has 0 bridgehead atoms. The van der Waals surface area contributed by atoms with Gasteiger partial charge in [-0.1, -0.05) is 25.6 Å². The predicted molar refractivity (Wildman–Crippen MR) is 59.3 cm³/mol. The highest BCUT2D eigenvalue weighted by Crippen LogP contribution is 2.06. The predicted octanol–water partition coefficient (Wildman–Crippen LogP) is 2.77. The van der Waals surface area contributed by atoms with Gasteiger partial charge < -0.3 is 0 Å². The molecule has 1 aromatic heterocycles. The van der Waals surface area contributed by atoms with Gasteiger partial charge in [-0.25, -0.2) is 0 Å². The minimum absolute atomic E-state index is 1.00.